The van der Waals surface area contributed by atoms with E-state index in [-0.39, 0.29) is 24.0 Å². The highest BCUT2D eigenvalue weighted by molar-refractivity contribution is 5.81. The number of rotatable bonds is 7. The lowest BCUT2D eigenvalue weighted by atomic mass is 9.87. The molecule has 0 N–H and O–H groups in total. The number of fused-ring (bicyclic) bond motifs is 1. The van der Waals surface area contributed by atoms with Crippen LogP contribution in [-0.4, -0.2) is 36.1 Å². The van der Waals surface area contributed by atoms with E-state index in [4.69, 9.17) is 9.47 Å². The topological polar surface area (TPSA) is 55.8 Å². The minimum atomic E-state index is -0.312. The summed E-state index contributed by atoms with van der Waals surface area (Å²) < 4.78 is 10.4. The van der Waals surface area contributed by atoms with Crippen LogP contribution in [0.15, 0.2) is 54.3 Å². The third-order valence-electron chi connectivity index (χ3n) is 4.73. The van der Waals surface area contributed by atoms with Gasteiger partial charge in [-0.05, 0) is 37.1 Å². The first-order chi connectivity index (χ1) is 12.7. The molecule has 2 atom stereocenters. The Morgan fingerprint density at radius 1 is 1.35 bits per heavy atom. The molecule has 2 aliphatic rings. The maximum Gasteiger partial charge on any atom is 0.330 e. The molecular formula is C21H25NO4. The second kappa shape index (κ2) is 8.70. The Hall–Kier alpha value is -2.56. The van der Waals surface area contributed by atoms with Gasteiger partial charge in [0, 0.05) is 18.5 Å². The van der Waals surface area contributed by atoms with Crippen LogP contribution >= 0.6 is 0 Å². The van der Waals surface area contributed by atoms with E-state index >= 15 is 0 Å². The number of hydrogen-bond donors (Lipinski definition) is 0. The van der Waals surface area contributed by atoms with Gasteiger partial charge in [0.05, 0.1) is 19.6 Å². The molecule has 1 aromatic rings. The van der Waals surface area contributed by atoms with E-state index in [1.165, 1.54) is 17.2 Å². The Bertz CT molecular complexity index is 695. The van der Waals surface area contributed by atoms with Crippen molar-refractivity contribution in [1.82, 2.24) is 4.90 Å². The van der Waals surface area contributed by atoms with Crippen LogP contribution in [0.1, 0.15) is 31.7 Å². The van der Waals surface area contributed by atoms with Gasteiger partial charge in [0.1, 0.15) is 6.10 Å². The summed E-state index contributed by atoms with van der Waals surface area (Å²) in [6.45, 7) is 3.69. The molecule has 0 radical (unpaired) electrons. The Morgan fingerprint density at radius 2 is 2.15 bits per heavy atom. The fourth-order valence-corrected chi connectivity index (χ4v) is 3.56. The predicted molar refractivity (Wildman–Crippen MR) is 97.9 cm³/mol. The molecule has 5 heteroatoms. The van der Waals surface area contributed by atoms with Crippen molar-refractivity contribution in [3.63, 3.8) is 0 Å². The molecule has 1 fully saturated rings. The average molecular weight is 355 g/mol. The molecule has 1 saturated heterocycles. The van der Waals surface area contributed by atoms with Gasteiger partial charge in [-0.1, -0.05) is 36.4 Å². The van der Waals surface area contributed by atoms with Crippen molar-refractivity contribution < 1.29 is 19.1 Å². The maximum absolute atomic E-state index is 11.8. The quantitative estimate of drug-likeness (QED) is 0.555. The molecule has 0 aliphatic carbocycles. The van der Waals surface area contributed by atoms with Crippen LogP contribution in [0.5, 0.6) is 0 Å². The zero-order valence-electron chi connectivity index (χ0n) is 15.1. The van der Waals surface area contributed by atoms with Crippen LogP contribution in [0.2, 0.25) is 0 Å². The molecule has 2 heterocycles. The minimum absolute atomic E-state index is 0.0692. The molecule has 5 nitrogen and oxygen atoms in total. The largest absolute Gasteiger partial charge is 0.463 e. The normalized spacial score (nSPS) is 22.1. The van der Waals surface area contributed by atoms with E-state index in [1.54, 1.807) is 6.92 Å². The number of nitrogens with zero attached hydrogens (tertiary/aromatic N) is 1. The molecule has 0 aromatic heterocycles. The summed E-state index contributed by atoms with van der Waals surface area (Å²) in [6, 6.07) is 10.3. The Labute approximate surface area is 154 Å². The number of esters is 2. The summed E-state index contributed by atoms with van der Waals surface area (Å²) in [7, 11) is 0. The van der Waals surface area contributed by atoms with Crippen molar-refractivity contribution in [3.8, 4) is 0 Å². The van der Waals surface area contributed by atoms with Crippen molar-refractivity contribution >= 4 is 11.9 Å². The lowest BCUT2D eigenvalue weighted by molar-refractivity contribution is -0.142. The van der Waals surface area contributed by atoms with Gasteiger partial charge >= 0.3 is 11.9 Å². The van der Waals surface area contributed by atoms with E-state index in [0.717, 1.165) is 25.9 Å². The summed E-state index contributed by atoms with van der Waals surface area (Å²) >= 11 is 0. The van der Waals surface area contributed by atoms with Crippen LogP contribution in [0, 0.1) is 5.92 Å². The monoisotopic (exact) mass is 355 g/mol. The molecule has 3 rings (SSSR count). The molecule has 0 unspecified atom stereocenters. The zero-order chi connectivity index (χ0) is 18.4. The second-order valence-corrected chi connectivity index (χ2v) is 6.65. The molecule has 0 saturated carbocycles. The molecule has 1 aromatic carbocycles. The summed E-state index contributed by atoms with van der Waals surface area (Å²) in [5, 5.41) is 0. The van der Waals surface area contributed by atoms with E-state index in [2.05, 4.69) is 23.2 Å². The van der Waals surface area contributed by atoms with Crippen LogP contribution in [0.25, 0.3) is 0 Å². The SMILES string of the molecule is CCOC(=O)/C=C/CCC1=CN(Cc2ccccc2)C[C@@H]2OC(=O)C[C@H]12. The first-order valence-corrected chi connectivity index (χ1v) is 9.17. The summed E-state index contributed by atoms with van der Waals surface area (Å²) in [6.07, 6.45) is 7.41. The van der Waals surface area contributed by atoms with Crippen LogP contribution < -0.4 is 0 Å². The van der Waals surface area contributed by atoms with Crippen molar-refractivity contribution in [3.05, 3.63) is 59.8 Å². The standard InChI is InChI=1S/C21H25NO4/c1-2-25-20(23)11-7-6-10-17-14-22(13-16-8-4-3-5-9-16)15-19-18(17)12-21(24)26-19/h3-5,7-9,11,14,18-19H,2,6,10,12-13,15H2,1H3/b11-7+/t18-,19+/m1/s1. The molecule has 2 aliphatic heterocycles. The molecule has 0 amide bonds. The minimum Gasteiger partial charge on any atom is -0.463 e. The van der Waals surface area contributed by atoms with Gasteiger partial charge < -0.3 is 14.4 Å². The van der Waals surface area contributed by atoms with Crippen molar-refractivity contribution in [2.75, 3.05) is 13.2 Å². The molecule has 0 bridgehead atoms. The number of allylic oxidation sites excluding steroid dienone is 1. The van der Waals surface area contributed by atoms with E-state index in [0.29, 0.717) is 13.0 Å². The highest BCUT2D eigenvalue weighted by Crippen LogP contribution is 2.36. The molecule has 26 heavy (non-hydrogen) atoms. The van der Waals surface area contributed by atoms with Gasteiger partial charge in [-0.25, -0.2) is 4.79 Å². The second-order valence-electron chi connectivity index (χ2n) is 6.65. The number of hydrogen-bond acceptors (Lipinski definition) is 5. The van der Waals surface area contributed by atoms with Gasteiger partial charge in [0.25, 0.3) is 0 Å². The van der Waals surface area contributed by atoms with Gasteiger partial charge in [-0.2, -0.15) is 0 Å². The van der Waals surface area contributed by atoms with E-state index < -0.39 is 0 Å². The maximum atomic E-state index is 11.8. The summed E-state index contributed by atoms with van der Waals surface area (Å²) in [4.78, 5) is 25.4. The first kappa shape index (κ1) is 18.2. The Morgan fingerprint density at radius 3 is 2.92 bits per heavy atom. The summed E-state index contributed by atoms with van der Waals surface area (Å²) in [5.41, 5.74) is 2.45. The molecule has 138 valence electrons. The number of carbonyl (C=O) groups excluding carboxylic acids is 2. The van der Waals surface area contributed by atoms with Gasteiger partial charge in [-0.3, -0.25) is 4.79 Å². The third-order valence-corrected chi connectivity index (χ3v) is 4.73. The zero-order valence-corrected chi connectivity index (χ0v) is 15.1. The highest BCUT2D eigenvalue weighted by atomic mass is 16.6. The fraction of sp³-hybridized carbons (Fsp3) is 0.429. The fourth-order valence-electron chi connectivity index (χ4n) is 3.56. The lowest BCUT2D eigenvalue weighted by Crippen LogP contribution is -2.37. The van der Waals surface area contributed by atoms with Gasteiger partial charge in [0.15, 0.2) is 0 Å². The lowest BCUT2D eigenvalue weighted by Gasteiger charge is -2.33. The Balaban J connectivity index is 1.65. The first-order valence-electron chi connectivity index (χ1n) is 9.17. The van der Waals surface area contributed by atoms with Gasteiger partial charge in [0.2, 0.25) is 0 Å². The Kier molecular flexibility index (Phi) is 6.10. The van der Waals surface area contributed by atoms with E-state index in [9.17, 15) is 9.59 Å². The third kappa shape index (κ3) is 4.75. The van der Waals surface area contributed by atoms with Crippen molar-refractivity contribution in [2.45, 2.75) is 38.8 Å². The molecular weight excluding hydrogens is 330 g/mol. The smallest absolute Gasteiger partial charge is 0.330 e. The number of ether oxygens (including phenoxy) is 2. The summed E-state index contributed by atoms with van der Waals surface area (Å²) in [5.74, 6) is -0.270. The highest BCUT2D eigenvalue weighted by Gasteiger charge is 2.40. The van der Waals surface area contributed by atoms with Crippen molar-refractivity contribution in [2.24, 2.45) is 5.92 Å². The average Bonchev–Trinajstić information content (AvgIpc) is 3.00. The number of carbonyl (C=O) groups is 2. The van der Waals surface area contributed by atoms with E-state index in [1.807, 2.05) is 24.3 Å². The predicted octanol–water partition coefficient (Wildman–Crippen LogP) is 3.22. The van der Waals surface area contributed by atoms with Crippen LogP contribution in [0.4, 0.5) is 0 Å². The number of benzene rings is 1. The van der Waals surface area contributed by atoms with Crippen LogP contribution in [0.3, 0.4) is 0 Å². The van der Waals surface area contributed by atoms with Gasteiger partial charge in [-0.15, -0.1) is 0 Å². The van der Waals surface area contributed by atoms with Crippen LogP contribution in [-0.2, 0) is 25.6 Å². The molecule has 0 spiro atoms. The van der Waals surface area contributed by atoms with Crippen molar-refractivity contribution in [1.29, 1.82) is 0 Å².